The second kappa shape index (κ2) is 5.38. The van der Waals surface area contributed by atoms with Gasteiger partial charge in [-0.1, -0.05) is 12.2 Å². The Morgan fingerprint density at radius 3 is 2.89 bits per heavy atom. The summed E-state index contributed by atoms with van der Waals surface area (Å²) >= 11 is 1.31. The quantitative estimate of drug-likeness (QED) is 0.845. The van der Waals surface area contributed by atoms with Crippen LogP contribution in [0.5, 0.6) is 0 Å². The van der Waals surface area contributed by atoms with E-state index in [2.05, 4.69) is 18.5 Å². The fraction of sp³-hybridized carbons (Fsp3) is 0.385. The average molecular weight is 283 g/mol. The molecule has 1 N–H and O–H groups in total. The van der Waals surface area contributed by atoms with Crippen molar-refractivity contribution < 1.29 is 8.42 Å². The number of thiophene rings is 1. The maximum absolute atomic E-state index is 12.4. The summed E-state index contributed by atoms with van der Waals surface area (Å²) in [6.07, 6.45) is 4.58. The number of nitrogens with one attached hydrogen (secondary N) is 1. The number of sulfone groups is 1. The van der Waals surface area contributed by atoms with E-state index < -0.39 is 9.84 Å². The normalized spacial score (nSPS) is 25.3. The number of allylic oxidation sites excluding steroid dienone is 1. The molecule has 3 nitrogen and oxygen atoms in total. The van der Waals surface area contributed by atoms with Gasteiger partial charge in [0.05, 0.1) is 5.25 Å². The highest BCUT2D eigenvalue weighted by Gasteiger charge is 2.38. The zero-order chi connectivity index (χ0) is 13.2. The van der Waals surface area contributed by atoms with Crippen LogP contribution in [0.2, 0.25) is 0 Å². The van der Waals surface area contributed by atoms with Gasteiger partial charge in [-0.25, -0.2) is 8.42 Å². The number of hydrogen-bond donors (Lipinski definition) is 1. The summed E-state index contributed by atoms with van der Waals surface area (Å²) in [5.41, 5.74) is 0.905. The van der Waals surface area contributed by atoms with Gasteiger partial charge in [-0.3, -0.25) is 0 Å². The van der Waals surface area contributed by atoms with Gasteiger partial charge in [0.15, 0.2) is 9.84 Å². The molecule has 5 heteroatoms. The predicted octanol–water partition coefficient (Wildman–Crippen LogP) is 2.69. The maximum atomic E-state index is 12.4. The van der Waals surface area contributed by atoms with Crippen molar-refractivity contribution in [3.8, 4) is 0 Å². The lowest BCUT2D eigenvalue weighted by atomic mass is 10.0. The van der Waals surface area contributed by atoms with Crippen LogP contribution in [-0.2, 0) is 9.84 Å². The Morgan fingerprint density at radius 1 is 1.44 bits per heavy atom. The van der Waals surface area contributed by atoms with E-state index >= 15 is 0 Å². The topological polar surface area (TPSA) is 46.2 Å². The van der Waals surface area contributed by atoms with Crippen molar-refractivity contribution in [1.29, 1.82) is 0 Å². The van der Waals surface area contributed by atoms with Gasteiger partial charge in [0.25, 0.3) is 0 Å². The summed E-state index contributed by atoms with van der Waals surface area (Å²) in [6.45, 7) is 8.01. The Hall–Kier alpha value is -0.910. The Balaban J connectivity index is 2.38. The summed E-state index contributed by atoms with van der Waals surface area (Å²) in [6, 6.07) is 2.00. The third-order valence-corrected chi connectivity index (χ3v) is 6.89. The summed E-state index contributed by atoms with van der Waals surface area (Å²) in [7, 11) is -3.18. The lowest BCUT2D eigenvalue weighted by Gasteiger charge is -2.29. The molecule has 0 aromatic carbocycles. The molecule has 0 saturated heterocycles. The van der Waals surface area contributed by atoms with Crippen LogP contribution in [0.15, 0.2) is 41.0 Å². The molecule has 2 heterocycles. The molecule has 1 aliphatic rings. The number of rotatable bonds is 5. The van der Waals surface area contributed by atoms with E-state index in [0.717, 1.165) is 5.56 Å². The monoisotopic (exact) mass is 283 g/mol. The second-order valence-electron chi connectivity index (χ2n) is 4.34. The maximum Gasteiger partial charge on any atom is 0.191 e. The molecule has 98 valence electrons. The molecule has 18 heavy (non-hydrogen) atoms. The zero-order valence-corrected chi connectivity index (χ0v) is 11.8. The summed E-state index contributed by atoms with van der Waals surface area (Å²) in [4.78, 5) is 0. The van der Waals surface area contributed by atoms with Crippen molar-refractivity contribution in [3.05, 3.63) is 42.3 Å². The summed E-state index contributed by atoms with van der Waals surface area (Å²) < 4.78 is 25.3. The third kappa shape index (κ3) is 2.30. The molecule has 0 amide bonds. The largest absolute Gasteiger partial charge is 0.306 e. The van der Waals surface area contributed by atoms with E-state index in [-0.39, 0.29) is 11.3 Å². The van der Waals surface area contributed by atoms with Crippen LogP contribution in [0.25, 0.3) is 0 Å². The predicted molar refractivity (Wildman–Crippen MR) is 75.7 cm³/mol. The molecule has 1 aliphatic heterocycles. The molecule has 0 spiro atoms. The van der Waals surface area contributed by atoms with Gasteiger partial charge in [-0.05, 0) is 29.9 Å². The highest BCUT2D eigenvalue weighted by molar-refractivity contribution is 7.94. The molecule has 1 aromatic rings. The molecular weight excluding hydrogens is 266 g/mol. The van der Waals surface area contributed by atoms with Crippen molar-refractivity contribution in [3.63, 3.8) is 0 Å². The van der Waals surface area contributed by atoms with Gasteiger partial charge in [0.2, 0.25) is 0 Å². The fourth-order valence-corrected chi connectivity index (χ4v) is 5.76. The van der Waals surface area contributed by atoms with E-state index in [1.807, 2.05) is 11.4 Å². The molecule has 0 fully saturated rings. The van der Waals surface area contributed by atoms with Crippen LogP contribution >= 0.6 is 11.3 Å². The first-order valence-electron chi connectivity index (χ1n) is 5.87. The zero-order valence-electron chi connectivity index (χ0n) is 10.1. The first-order chi connectivity index (χ1) is 8.61. The smallest absolute Gasteiger partial charge is 0.191 e. The minimum absolute atomic E-state index is 0.0951. The highest BCUT2D eigenvalue weighted by Crippen LogP contribution is 2.40. The van der Waals surface area contributed by atoms with E-state index in [9.17, 15) is 8.42 Å². The van der Waals surface area contributed by atoms with E-state index in [1.54, 1.807) is 12.2 Å². The van der Waals surface area contributed by atoms with Crippen molar-refractivity contribution in [2.24, 2.45) is 0 Å². The standard InChI is InChI=1S/C13H17NO2S2/c1-3-5-10-9-12(14-7-4-2)11-6-8-17-13(11)18(10,15)16/h3-4,6,8,10,12,14H,1-2,5,7,9H2/t10-,12-/m0/s1. The van der Waals surface area contributed by atoms with Crippen LogP contribution in [-0.4, -0.2) is 20.2 Å². The first-order valence-corrected chi connectivity index (χ1v) is 8.30. The van der Waals surface area contributed by atoms with Gasteiger partial charge < -0.3 is 5.32 Å². The molecule has 0 aliphatic carbocycles. The van der Waals surface area contributed by atoms with Gasteiger partial charge in [-0.2, -0.15) is 0 Å². The van der Waals surface area contributed by atoms with Crippen LogP contribution in [0.3, 0.4) is 0 Å². The second-order valence-corrected chi connectivity index (χ2v) is 7.68. The molecule has 0 unspecified atom stereocenters. The summed E-state index contributed by atoms with van der Waals surface area (Å²) in [5.74, 6) is 0. The van der Waals surface area contributed by atoms with Gasteiger partial charge >= 0.3 is 0 Å². The SMILES string of the molecule is C=CCN[C@H]1C[C@H](CC=C)S(=O)(=O)c2sccc21. The first kappa shape index (κ1) is 13.5. The molecule has 2 rings (SSSR count). The molecule has 1 aromatic heterocycles. The van der Waals surface area contributed by atoms with Crippen molar-refractivity contribution in [1.82, 2.24) is 5.32 Å². The van der Waals surface area contributed by atoms with Gasteiger partial charge in [-0.15, -0.1) is 24.5 Å². The highest BCUT2D eigenvalue weighted by atomic mass is 32.2. The van der Waals surface area contributed by atoms with Crippen molar-refractivity contribution >= 4 is 21.2 Å². The van der Waals surface area contributed by atoms with E-state index in [0.29, 0.717) is 23.6 Å². The van der Waals surface area contributed by atoms with E-state index in [1.165, 1.54) is 11.3 Å². The lowest BCUT2D eigenvalue weighted by molar-refractivity contribution is 0.476. The van der Waals surface area contributed by atoms with Crippen LogP contribution < -0.4 is 5.32 Å². The molecular formula is C13H17NO2S2. The van der Waals surface area contributed by atoms with Crippen LogP contribution in [0.4, 0.5) is 0 Å². The lowest BCUT2D eigenvalue weighted by Crippen LogP contribution is -2.34. The third-order valence-electron chi connectivity index (χ3n) is 3.17. The van der Waals surface area contributed by atoms with Crippen LogP contribution in [0, 0.1) is 0 Å². The van der Waals surface area contributed by atoms with Gasteiger partial charge in [0, 0.05) is 12.6 Å². The molecule has 0 bridgehead atoms. The van der Waals surface area contributed by atoms with E-state index in [4.69, 9.17) is 0 Å². The van der Waals surface area contributed by atoms with Crippen molar-refractivity contribution in [2.45, 2.75) is 28.3 Å². The van der Waals surface area contributed by atoms with Gasteiger partial charge in [0.1, 0.15) is 4.21 Å². The minimum Gasteiger partial charge on any atom is -0.306 e. The average Bonchev–Trinajstić information content (AvgIpc) is 2.82. The molecule has 0 radical (unpaired) electrons. The Labute approximate surface area is 112 Å². The van der Waals surface area contributed by atoms with Crippen LogP contribution in [0.1, 0.15) is 24.4 Å². The Kier molecular flexibility index (Phi) is 4.04. The fourth-order valence-electron chi connectivity index (χ4n) is 2.29. The number of hydrogen-bond acceptors (Lipinski definition) is 4. The Bertz CT molecular complexity index is 545. The minimum atomic E-state index is -3.18. The summed E-state index contributed by atoms with van der Waals surface area (Å²) in [5, 5.41) is 4.82. The Morgan fingerprint density at radius 2 is 2.22 bits per heavy atom. The number of fused-ring (bicyclic) bond motifs is 1. The van der Waals surface area contributed by atoms with Crippen molar-refractivity contribution in [2.75, 3.05) is 6.54 Å². The molecule has 2 atom stereocenters. The molecule has 0 saturated carbocycles.